The summed E-state index contributed by atoms with van der Waals surface area (Å²) in [7, 11) is 0. The Hall–Kier alpha value is -1.01. The molecule has 2 N–H and O–H groups in total. The third-order valence-corrected chi connectivity index (χ3v) is 5.34. The van der Waals surface area contributed by atoms with Crippen LogP contribution in [0.2, 0.25) is 0 Å². The number of hydrogen-bond donors (Lipinski definition) is 2. The number of pyridine rings is 1. The van der Waals surface area contributed by atoms with Crippen molar-refractivity contribution in [2.45, 2.75) is 46.2 Å². The van der Waals surface area contributed by atoms with Gasteiger partial charge in [0.25, 0.3) is 0 Å². The van der Waals surface area contributed by atoms with Crippen molar-refractivity contribution in [2.24, 2.45) is 5.41 Å². The summed E-state index contributed by atoms with van der Waals surface area (Å²) in [5.41, 5.74) is 0.929. The molecule has 5 nitrogen and oxygen atoms in total. The molecule has 25 heavy (non-hydrogen) atoms. The van der Waals surface area contributed by atoms with Crippen LogP contribution in [0.5, 0.6) is 0 Å². The number of nitrogens with one attached hydrogen (secondary N) is 1. The highest BCUT2D eigenvalue weighted by atomic mass is 16.3. The molecule has 142 valence electrons. The van der Waals surface area contributed by atoms with Crippen LogP contribution >= 0.6 is 0 Å². The largest absolute Gasteiger partial charge is 0.396 e. The van der Waals surface area contributed by atoms with Crippen molar-refractivity contribution >= 4 is 0 Å². The second kappa shape index (κ2) is 9.62. The summed E-state index contributed by atoms with van der Waals surface area (Å²) in [4.78, 5) is 9.36. The molecule has 1 aliphatic rings. The van der Waals surface area contributed by atoms with E-state index in [0.29, 0.717) is 6.04 Å². The van der Waals surface area contributed by atoms with Crippen LogP contribution in [0.3, 0.4) is 0 Å². The van der Waals surface area contributed by atoms with Gasteiger partial charge >= 0.3 is 0 Å². The Morgan fingerprint density at radius 3 is 2.52 bits per heavy atom. The third-order valence-electron chi connectivity index (χ3n) is 5.34. The lowest BCUT2D eigenvalue weighted by molar-refractivity contribution is 0.103. The number of rotatable bonds is 9. The molecule has 1 aromatic rings. The van der Waals surface area contributed by atoms with Gasteiger partial charge in [-0.1, -0.05) is 19.9 Å². The Labute approximate surface area is 153 Å². The van der Waals surface area contributed by atoms with Crippen LogP contribution in [0, 0.1) is 5.41 Å². The summed E-state index contributed by atoms with van der Waals surface area (Å²) in [6.45, 7) is 15.7. The van der Waals surface area contributed by atoms with E-state index in [1.54, 1.807) is 6.20 Å². The maximum absolute atomic E-state index is 9.78. The molecule has 1 aliphatic heterocycles. The van der Waals surface area contributed by atoms with Crippen LogP contribution in [0.25, 0.3) is 0 Å². The van der Waals surface area contributed by atoms with Crippen LogP contribution in [-0.4, -0.2) is 71.8 Å². The zero-order valence-electron chi connectivity index (χ0n) is 16.4. The second-order valence-corrected chi connectivity index (χ2v) is 8.15. The highest BCUT2D eigenvalue weighted by Crippen LogP contribution is 2.32. The minimum Gasteiger partial charge on any atom is -0.396 e. The van der Waals surface area contributed by atoms with Crippen LogP contribution in [0.1, 0.15) is 45.7 Å². The Bertz CT molecular complexity index is 484. The van der Waals surface area contributed by atoms with E-state index < -0.39 is 0 Å². The average molecular weight is 349 g/mol. The first-order chi connectivity index (χ1) is 11.9. The third kappa shape index (κ3) is 6.03. The summed E-state index contributed by atoms with van der Waals surface area (Å²) >= 11 is 0. The standard InChI is InChI=1S/C20H36N4O/c1-17(2)24-13-11-23(12-14-24)10-6-9-22-19(20(3,4)16-25)18-7-5-8-21-15-18/h5,7-8,15,17,19,22,25H,6,9-14,16H2,1-4H3. The average Bonchev–Trinajstić information content (AvgIpc) is 2.62. The smallest absolute Gasteiger partial charge is 0.0500 e. The molecular weight excluding hydrogens is 312 g/mol. The van der Waals surface area contributed by atoms with Crippen LogP contribution in [-0.2, 0) is 0 Å². The molecule has 0 aliphatic carbocycles. The molecule has 0 bridgehead atoms. The van der Waals surface area contributed by atoms with E-state index in [4.69, 9.17) is 0 Å². The summed E-state index contributed by atoms with van der Waals surface area (Å²) in [6, 6.07) is 4.83. The maximum atomic E-state index is 9.78. The van der Waals surface area contributed by atoms with Gasteiger partial charge in [0.2, 0.25) is 0 Å². The van der Waals surface area contributed by atoms with Gasteiger partial charge in [-0.25, -0.2) is 0 Å². The maximum Gasteiger partial charge on any atom is 0.0500 e. The summed E-state index contributed by atoms with van der Waals surface area (Å²) in [6.07, 6.45) is 4.82. The fraction of sp³-hybridized carbons (Fsp3) is 0.750. The molecule has 1 aromatic heterocycles. The van der Waals surface area contributed by atoms with Gasteiger partial charge in [-0.05, 0) is 45.0 Å². The van der Waals surface area contributed by atoms with Gasteiger partial charge in [0.15, 0.2) is 0 Å². The van der Waals surface area contributed by atoms with E-state index in [0.717, 1.165) is 25.1 Å². The van der Waals surface area contributed by atoms with Gasteiger partial charge in [-0.3, -0.25) is 9.88 Å². The Kier molecular flexibility index (Phi) is 7.81. The lowest BCUT2D eigenvalue weighted by Crippen LogP contribution is -2.49. The summed E-state index contributed by atoms with van der Waals surface area (Å²) < 4.78 is 0. The molecule has 1 atom stereocenters. The molecule has 0 aromatic carbocycles. The van der Waals surface area contributed by atoms with Gasteiger partial charge in [0.1, 0.15) is 0 Å². The topological polar surface area (TPSA) is 51.6 Å². The minimum absolute atomic E-state index is 0.115. The van der Waals surface area contributed by atoms with E-state index in [2.05, 4.69) is 53.9 Å². The molecular formula is C20H36N4O. The first-order valence-electron chi connectivity index (χ1n) is 9.64. The molecule has 1 saturated heterocycles. The lowest BCUT2D eigenvalue weighted by atomic mass is 9.81. The molecule has 1 fully saturated rings. The number of aliphatic hydroxyl groups excluding tert-OH is 1. The highest BCUT2D eigenvalue weighted by Gasteiger charge is 2.30. The van der Waals surface area contributed by atoms with Crippen molar-refractivity contribution in [3.05, 3.63) is 30.1 Å². The van der Waals surface area contributed by atoms with Crippen molar-refractivity contribution < 1.29 is 5.11 Å². The van der Waals surface area contributed by atoms with Gasteiger partial charge < -0.3 is 15.3 Å². The molecule has 0 radical (unpaired) electrons. The van der Waals surface area contributed by atoms with E-state index in [-0.39, 0.29) is 18.1 Å². The minimum atomic E-state index is -0.216. The van der Waals surface area contributed by atoms with Gasteiger partial charge in [-0.15, -0.1) is 0 Å². The van der Waals surface area contributed by atoms with Crippen molar-refractivity contribution in [1.29, 1.82) is 0 Å². The predicted octanol–water partition coefficient (Wildman–Crippen LogP) is 2.15. The number of aliphatic hydroxyl groups is 1. The lowest BCUT2D eigenvalue weighted by Gasteiger charge is -2.37. The number of nitrogens with zero attached hydrogens (tertiary/aromatic N) is 3. The van der Waals surface area contributed by atoms with E-state index in [9.17, 15) is 5.11 Å². The summed E-state index contributed by atoms with van der Waals surface area (Å²) in [5.74, 6) is 0. The molecule has 2 heterocycles. The van der Waals surface area contributed by atoms with Gasteiger partial charge in [-0.2, -0.15) is 0 Å². The molecule has 0 amide bonds. The molecule has 5 heteroatoms. The first kappa shape index (κ1) is 20.3. The fourth-order valence-corrected chi connectivity index (χ4v) is 3.54. The number of aromatic nitrogens is 1. The Morgan fingerprint density at radius 2 is 1.96 bits per heavy atom. The van der Waals surface area contributed by atoms with Crippen LogP contribution < -0.4 is 5.32 Å². The quantitative estimate of drug-likeness (QED) is 0.670. The van der Waals surface area contributed by atoms with E-state index in [1.807, 2.05) is 12.3 Å². The predicted molar refractivity (Wildman–Crippen MR) is 104 cm³/mol. The molecule has 0 saturated carbocycles. The Morgan fingerprint density at radius 1 is 1.24 bits per heavy atom. The highest BCUT2D eigenvalue weighted by molar-refractivity contribution is 5.16. The van der Waals surface area contributed by atoms with Crippen molar-refractivity contribution in [3.8, 4) is 0 Å². The Balaban J connectivity index is 1.78. The van der Waals surface area contributed by atoms with Gasteiger partial charge in [0.05, 0.1) is 0 Å². The SMILES string of the molecule is CC(C)N1CCN(CCCNC(c2cccnc2)C(C)(C)CO)CC1. The fourth-order valence-electron chi connectivity index (χ4n) is 3.54. The first-order valence-corrected chi connectivity index (χ1v) is 9.64. The summed E-state index contributed by atoms with van der Waals surface area (Å²) in [5, 5.41) is 13.4. The van der Waals surface area contributed by atoms with Crippen molar-refractivity contribution in [3.63, 3.8) is 0 Å². The van der Waals surface area contributed by atoms with E-state index in [1.165, 1.54) is 26.2 Å². The number of hydrogen-bond acceptors (Lipinski definition) is 5. The van der Waals surface area contributed by atoms with Crippen molar-refractivity contribution in [1.82, 2.24) is 20.1 Å². The second-order valence-electron chi connectivity index (χ2n) is 8.15. The zero-order valence-corrected chi connectivity index (χ0v) is 16.4. The number of piperazine rings is 1. The molecule has 0 spiro atoms. The monoisotopic (exact) mass is 348 g/mol. The zero-order chi connectivity index (χ0) is 18.3. The molecule has 1 unspecified atom stereocenters. The normalized spacial score (nSPS) is 18.6. The van der Waals surface area contributed by atoms with E-state index >= 15 is 0 Å². The van der Waals surface area contributed by atoms with Crippen LogP contribution in [0.4, 0.5) is 0 Å². The van der Waals surface area contributed by atoms with Crippen molar-refractivity contribution in [2.75, 3.05) is 45.9 Å². The molecule has 2 rings (SSSR count). The van der Waals surface area contributed by atoms with Gasteiger partial charge in [0, 0.05) is 62.7 Å². The van der Waals surface area contributed by atoms with Crippen LogP contribution in [0.15, 0.2) is 24.5 Å².